The average molecular weight is 394 g/mol. The molecule has 3 N–H and O–H groups in total. The van der Waals surface area contributed by atoms with E-state index in [4.69, 9.17) is 4.74 Å². The summed E-state index contributed by atoms with van der Waals surface area (Å²) >= 11 is 0. The molecule has 28 heavy (non-hydrogen) atoms. The molecule has 0 saturated heterocycles. The Morgan fingerprint density at radius 3 is 2.39 bits per heavy atom. The molecular weight excluding hydrogens is 373 g/mol. The molecule has 0 aliphatic carbocycles. The van der Waals surface area contributed by atoms with Crippen molar-refractivity contribution in [3.8, 4) is 5.75 Å². The average Bonchev–Trinajstić information content (AvgIpc) is 2.71. The van der Waals surface area contributed by atoms with Crippen LogP contribution in [0.3, 0.4) is 0 Å². The molecule has 0 atom stereocenters. The number of guanidine groups is 1. The van der Waals surface area contributed by atoms with Crippen LogP contribution in [-0.2, 0) is 11.3 Å². The molecule has 0 heterocycles. The van der Waals surface area contributed by atoms with Crippen molar-refractivity contribution in [2.75, 3.05) is 25.5 Å². The Labute approximate surface area is 160 Å². The van der Waals surface area contributed by atoms with E-state index >= 15 is 0 Å². The fourth-order valence-electron chi connectivity index (χ4n) is 2.22. The van der Waals surface area contributed by atoms with Crippen molar-refractivity contribution in [2.24, 2.45) is 4.99 Å². The zero-order valence-electron chi connectivity index (χ0n) is 15.5. The number of nitrogens with one attached hydrogen (secondary N) is 3. The second kappa shape index (κ2) is 10.2. The van der Waals surface area contributed by atoms with Crippen molar-refractivity contribution in [3.05, 3.63) is 59.4 Å². The van der Waals surface area contributed by atoms with Crippen molar-refractivity contribution in [2.45, 2.75) is 13.5 Å². The van der Waals surface area contributed by atoms with Gasteiger partial charge in [-0.05, 0) is 36.8 Å². The lowest BCUT2D eigenvalue weighted by Crippen LogP contribution is -2.41. The van der Waals surface area contributed by atoms with E-state index < -0.39 is 29.0 Å². The molecule has 0 saturated carbocycles. The molecule has 2 aromatic rings. The number of rotatable bonds is 7. The standard InChI is InChI=1S/C19H21F3N4O2/c1-3-23-19(24-10-12-4-6-13(28-2)7-5-12)25-11-16(27)26-15-9-8-14(20)17(21)18(15)22/h4-9H,3,10-11H2,1-2H3,(H,26,27)(H2,23,24,25). The molecule has 0 aliphatic rings. The summed E-state index contributed by atoms with van der Waals surface area (Å²) in [7, 11) is 1.58. The SMILES string of the molecule is CCNC(=NCc1ccc(OC)cc1)NCC(=O)Nc1ccc(F)c(F)c1F. The monoisotopic (exact) mass is 394 g/mol. The number of halogens is 3. The topological polar surface area (TPSA) is 74.8 Å². The first-order valence-corrected chi connectivity index (χ1v) is 8.53. The van der Waals surface area contributed by atoms with E-state index in [1.54, 1.807) is 7.11 Å². The van der Waals surface area contributed by atoms with Crippen LogP contribution < -0.4 is 20.7 Å². The summed E-state index contributed by atoms with van der Waals surface area (Å²) in [4.78, 5) is 16.3. The third kappa shape index (κ3) is 5.90. The molecule has 0 spiro atoms. The van der Waals surface area contributed by atoms with Crippen molar-refractivity contribution in [1.29, 1.82) is 0 Å². The molecule has 150 valence electrons. The van der Waals surface area contributed by atoms with Crippen molar-refractivity contribution in [3.63, 3.8) is 0 Å². The van der Waals surface area contributed by atoms with Crippen molar-refractivity contribution < 1.29 is 22.7 Å². The molecule has 0 aromatic heterocycles. The zero-order valence-corrected chi connectivity index (χ0v) is 15.5. The van der Waals surface area contributed by atoms with Crippen LogP contribution >= 0.6 is 0 Å². The minimum atomic E-state index is -1.64. The van der Waals surface area contributed by atoms with Crippen LogP contribution in [0.1, 0.15) is 12.5 Å². The molecule has 0 unspecified atom stereocenters. The lowest BCUT2D eigenvalue weighted by Gasteiger charge is -2.12. The van der Waals surface area contributed by atoms with Gasteiger partial charge in [-0.3, -0.25) is 4.79 Å². The fraction of sp³-hybridized carbons (Fsp3) is 0.263. The number of anilines is 1. The Morgan fingerprint density at radius 2 is 1.75 bits per heavy atom. The molecular formula is C19H21F3N4O2. The van der Waals surface area contributed by atoms with Gasteiger partial charge in [0, 0.05) is 6.54 Å². The quantitative estimate of drug-likeness (QED) is 0.384. The lowest BCUT2D eigenvalue weighted by molar-refractivity contribution is -0.115. The first kappa shape index (κ1) is 21.1. The number of nitrogens with zero attached hydrogens (tertiary/aromatic N) is 1. The highest BCUT2D eigenvalue weighted by molar-refractivity contribution is 5.95. The lowest BCUT2D eigenvalue weighted by atomic mass is 10.2. The molecule has 0 fully saturated rings. The van der Waals surface area contributed by atoms with Gasteiger partial charge in [-0.1, -0.05) is 12.1 Å². The first-order chi connectivity index (χ1) is 13.4. The normalized spacial score (nSPS) is 11.1. The first-order valence-electron chi connectivity index (χ1n) is 8.53. The second-order valence-corrected chi connectivity index (χ2v) is 5.67. The van der Waals surface area contributed by atoms with Crippen LogP contribution in [0.2, 0.25) is 0 Å². The van der Waals surface area contributed by atoms with Gasteiger partial charge in [0.05, 0.1) is 25.9 Å². The van der Waals surface area contributed by atoms with Gasteiger partial charge in [0.2, 0.25) is 5.91 Å². The highest BCUT2D eigenvalue weighted by Gasteiger charge is 2.15. The summed E-state index contributed by atoms with van der Waals surface area (Å²) in [6, 6.07) is 9.05. The van der Waals surface area contributed by atoms with Crippen molar-refractivity contribution in [1.82, 2.24) is 10.6 Å². The van der Waals surface area contributed by atoms with Crippen LogP contribution in [0.15, 0.2) is 41.4 Å². The van der Waals surface area contributed by atoms with Gasteiger partial charge in [-0.2, -0.15) is 0 Å². The maximum atomic E-state index is 13.6. The number of aliphatic imine (C=N–C) groups is 1. The van der Waals surface area contributed by atoms with Crippen LogP contribution in [0, 0.1) is 17.5 Å². The van der Waals surface area contributed by atoms with Crippen LogP contribution in [0.4, 0.5) is 18.9 Å². The Morgan fingerprint density at radius 1 is 1.04 bits per heavy atom. The smallest absolute Gasteiger partial charge is 0.243 e. The van der Waals surface area contributed by atoms with Gasteiger partial charge in [-0.25, -0.2) is 18.2 Å². The largest absolute Gasteiger partial charge is 0.497 e. The van der Waals surface area contributed by atoms with Gasteiger partial charge >= 0.3 is 0 Å². The van der Waals surface area contributed by atoms with Crippen LogP contribution in [0.25, 0.3) is 0 Å². The number of ether oxygens (including phenoxy) is 1. The van der Waals surface area contributed by atoms with Gasteiger partial charge in [0.1, 0.15) is 5.75 Å². The van der Waals surface area contributed by atoms with E-state index in [2.05, 4.69) is 20.9 Å². The number of amides is 1. The van der Waals surface area contributed by atoms with E-state index in [-0.39, 0.29) is 6.54 Å². The maximum Gasteiger partial charge on any atom is 0.243 e. The number of carbonyl (C=O) groups excluding carboxylic acids is 1. The van der Waals surface area contributed by atoms with Crippen LogP contribution in [-0.4, -0.2) is 32.1 Å². The van der Waals surface area contributed by atoms with E-state index in [0.29, 0.717) is 19.0 Å². The predicted octanol–water partition coefficient (Wildman–Crippen LogP) is 2.81. The van der Waals surface area contributed by atoms with E-state index in [1.165, 1.54) is 0 Å². The molecule has 0 bridgehead atoms. The van der Waals surface area contributed by atoms with Crippen molar-refractivity contribution >= 4 is 17.6 Å². The van der Waals surface area contributed by atoms with E-state index in [0.717, 1.165) is 23.4 Å². The maximum absolute atomic E-state index is 13.6. The number of benzene rings is 2. The zero-order chi connectivity index (χ0) is 20.5. The van der Waals surface area contributed by atoms with E-state index in [1.807, 2.05) is 31.2 Å². The molecule has 0 radical (unpaired) electrons. The molecule has 2 rings (SSSR count). The van der Waals surface area contributed by atoms with Crippen LogP contribution in [0.5, 0.6) is 5.75 Å². The highest BCUT2D eigenvalue weighted by atomic mass is 19.2. The Hall–Kier alpha value is -3.23. The molecule has 2 aromatic carbocycles. The minimum absolute atomic E-state index is 0.243. The second-order valence-electron chi connectivity index (χ2n) is 5.67. The van der Waals surface area contributed by atoms with Gasteiger partial charge < -0.3 is 20.7 Å². The molecule has 0 aliphatic heterocycles. The third-order valence-corrected chi connectivity index (χ3v) is 3.65. The third-order valence-electron chi connectivity index (χ3n) is 3.65. The fourth-order valence-corrected chi connectivity index (χ4v) is 2.22. The number of hydrogen-bond acceptors (Lipinski definition) is 3. The molecule has 6 nitrogen and oxygen atoms in total. The predicted molar refractivity (Wildman–Crippen MR) is 101 cm³/mol. The molecule has 9 heteroatoms. The van der Waals surface area contributed by atoms with E-state index in [9.17, 15) is 18.0 Å². The summed E-state index contributed by atoms with van der Waals surface area (Å²) in [6.45, 7) is 2.54. The van der Waals surface area contributed by atoms with Gasteiger partial charge in [-0.15, -0.1) is 0 Å². The summed E-state index contributed by atoms with van der Waals surface area (Å²) in [5, 5.41) is 7.95. The molecule has 1 amide bonds. The Kier molecular flexibility index (Phi) is 7.67. The highest BCUT2D eigenvalue weighted by Crippen LogP contribution is 2.19. The summed E-state index contributed by atoms with van der Waals surface area (Å²) in [5.41, 5.74) is 0.497. The number of methoxy groups -OCH3 is 1. The van der Waals surface area contributed by atoms with Gasteiger partial charge in [0.25, 0.3) is 0 Å². The Balaban J connectivity index is 1.94. The summed E-state index contributed by atoms with van der Waals surface area (Å²) < 4.78 is 44.8. The number of hydrogen-bond donors (Lipinski definition) is 3. The summed E-state index contributed by atoms with van der Waals surface area (Å²) in [5.74, 6) is -3.94. The number of carbonyl (C=O) groups is 1. The minimum Gasteiger partial charge on any atom is -0.497 e. The Bertz CT molecular complexity index is 842. The summed E-state index contributed by atoms with van der Waals surface area (Å²) in [6.07, 6.45) is 0. The van der Waals surface area contributed by atoms with Gasteiger partial charge in [0.15, 0.2) is 23.4 Å².